The molecule has 9 heteroatoms. The molecule has 0 radical (unpaired) electrons. The molecule has 1 N–H and O–H groups in total. The molecule has 0 amide bonds. The van der Waals surface area contributed by atoms with Gasteiger partial charge in [0, 0.05) is 46.0 Å². The number of benzene rings is 1. The van der Waals surface area contributed by atoms with Crippen molar-refractivity contribution in [3.63, 3.8) is 0 Å². The molecule has 1 aromatic heterocycles. The summed E-state index contributed by atoms with van der Waals surface area (Å²) in [4.78, 5) is 12.6. The van der Waals surface area contributed by atoms with Gasteiger partial charge >= 0.3 is 0 Å². The van der Waals surface area contributed by atoms with Crippen LogP contribution in [0.3, 0.4) is 0 Å². The normalized spacial score (nSPS) is 15.6. The van der Waals surface area contributed by atoms with Crippen LogP contribution in [0.1, 0.15) is 0 Å². The first kappa shape index (κ1) is 20.1. The smallest absolute Gasteiger partial charge is 0.193 e. The number of aliphatic imine (C=N–C) groups is 1. The molecule has 1 aliphatic rings. The second-order valence-corrected chi connectivity index (χ2v) is 8.46. The summed E-state index contributed by atoms with van der Waals surface area (Å²) in [5, 5.41) is 3.08. The molecule has 1 aromatic carbocycles. The number of pyridine rings is 1. The molecule has 0 bridgehead atoms. The first-order chi connectivity index (χ1) is 13.5. The first-order valence-corrected chi connectivity index (χ1v) is 10.8. The molecule has 0 saturated carbocycles. The lowest BCUT2D eigenvalue weighted by Crippen LogP contribution is -2.53. The van der Waals surface area contributed by atoms with Crippen molar-refractivity contribution >= 4 is 21.6 Å². The van der Waals surface area contributed by atoms with Crippen LogP contribution < -0.4 is 10.2 Å². The first-order valence-electron chi connectivity index (χ1n) is 9.10. The van der Waals surface area contributed by atoms with Gasteiger partial charge in [-0.3, -0.25) is 4.99 Å². The molecule has 1 aliphatic heterocycles. The quantitative estimate of drug-likeness (QED) is 0.598. The Hall–Kier alpha value is -2.68. The highest BCUT2D eigenvalue weighted by Gasteiger charge is 2.22. The van der Waals surface area contributed by atoms with Crippen LogP contribution in [0, 0.1) is 5.82 Å². The molecule has 0 aliphatic carbocycles. The molecule has 1 fully saturated rings. The maximum Gasteiger partial charge on any atom is 0.193 e. The summed E-state index contributed by atoms with van der Waals surface area (Å²) < 4.78 is 38.5. The van der Waals surface area contributed by atoms with Crippen LogP contribution in [0.25, 0.3) is 0 Å². The van der Waals surface area contributed by atoms with Crippen molar-refractivity contribution in [1.82, 2.24) is 15.2 Å². The van der Waals surface area contributed by atoms with Crippen LogP contribution in [0.2, 0.25) is 0 Å². The fraction of sp³-hybridized carbons (Fsp3) is 0.368. The summed E-state index contributed by atoms with van der Waals surface area (Å²) >= 11 is 0. The molecular formula is C19H24FN5O2S. The minimum atomic E-state index is -3.70. The fourth-order valence-electron chi connectivity index (χ4n) is 3.12. The van der Waals surface area contributed by atoms with Crippen molar-refractivity contribution in [2.45, 2.75) is 4.90 Å². The second-order valence-electron chi connectivity index (χ2n) is 6.39. The van der Waals surface area contributed by atoms with Crippen molar-refractivity contribution in [3.05, 3.63) is 54.5 Å². The maximum atomic E-state index is 13.8. The Morgan fingerprint density at radius 3 is 2.50 bits per heavy atom. The van der Waals surface area contributed by atoms with Gasteiger partial charge in [0.15, 0.2) is 15.8 Å². The van der Waals surface area contributed by atoms with E-state index in [9.17, 15) is 12.8 Å². The third kappa shape index (κ3) is 4.78. The number of anilines is 1. The number of guanidine groups is 1. The average molecular weight is 405 g/mol. The molecule has 2 aromatic rings. The largest absolute Gasteiger partial charge is 0.355 e. The predicted molar refractivity (Wildman–Crippen MR) is 108 cm³/mol. The van der Waals surface area contributed by atoms with E-state index in [-0.39, 0.29) is 17.2 Å². The Morgan fingerprint density at radius 2 is 1.86 bits per heavy atom. The molecule has 0 spiro atoms. The van der Waals surface area contributed by atoms with Gasteiger partial charge in [-0.25, -0.2) is 17.8 Å². The molecule has 7 nitrogen and oxygen atoms in total. The lowest BCUT2D eigenvalue weighted by atomic mass is 10.3. The van der Waals surface area contributed by atoms with Gasteiger partial charge in [0.2, 0.25) is 0 Å². The molecule has 3 rings (SSSR count). The highest BCUT2D eigenvalue weighted by molar-refractivity contribution is 7.91. The highest BCUT2D eigenvalue weighted by Crippen LogP contribution is 2.15. The van der Waals surface area contributed by atoms with Crippen molar-refractivity contribution in [1.29, 1.82) is 0 Å². The van der Waals surface area contributed by atoms with Gasteiger partial charge in [0.1, 0.15) is 16.5 Å². The zero-order chi connectivity index (χ0) is 20.0. The molecule has 2 heterocycles. The van der Waals surface area contributed by atoms with E-state index in [0.717, 1.165) is 38.1 Å². The topological polar surface area (TPSA) is 77.9 Å². The SMILES string of the molecule is CN=C(NCCS(=O)(=O)c1ccccc1F)N1CCN(c2ccccn2)CC1. The molecule has 150 valence electrons. The monoisotopic (exact) mass is 405 g/mol. The van der Waals surface area contributed by atoms with Gasteiger partial charge in [0.05, 0.1) is 5.75 Å². The summed E-state index contributed by atoms with van der Waals surface area (Å²) in [6.45, 7) is 3.24. The third-order valence-corrected chi connectivity index (χ3v) is 6.33. The number of hydrogen-bond donors (Lipinski definition) is 1. The van der Waals surface area contributed by atoms with E-state index in [1.807, 2.05) is 18.2 Å². The van der Waals surface area contributed by atoms with Crippen molar-refractivity contribution < 1.29 is 12.8 Å². The molecular weight excluding hydrogens is 381 g/mol. The lowest BCUT2D eigenvalue weighted by molar-refractivity contribution is 0.372. The summed E-state index contributed by atoms with van der Waals surface area (Å²) in [6.07, 6.45) is 1.78. The Labute approximate surface area is 164 Å². The Balaban J connectivity index is 1.52. The number of halogens is 1. The Morgan fingerprint density at radius 1 is 1.14 bits per heavy atom. The van der Waals surface area contributed by atoms with Crippen LogP contribution in [0.5, 0.6) is 0 Å². The fourth-order valence-corrected chi connectivity index (χ4v) is 4.37. The maximum absolute atomic E-state index is 13.8. The van der Waals surface area contributed by atoms with Crippen LogP contribution >= 0.6 is 0 Å². The Kier molecular flexibility index (Phi) is 6.45. The van der Waals surface area contributed by atoms with E-state index >= 15 is 0 Å². The summed E-state index contributed by atoms with van der Waals surface area (Å²) in [7, 11) is -2.03. The number of piperazine rings is 1. The number of rotatable bonds is 5. The van der Waals surface area contributed by atoms with E-state index in [4.69, 9.17) is 0 Å². The second kappa shape index (κ2) is 9.01. The highest BCUT2D eigenvalue weighted by atomic mass is 32.2. The van der Waals surface area contributed by atoms with E-state index in [0.29, 0.717) is 5.96 Å². The average Bonchev–Trinajstić information content (AvgIpc) is 2.72. The number of aromatic nitrogens is 1. The van der Waals surface area contributed by atoms with Gasteiger partial charge in [-0.2, -0.15) is 0 Å². The van der Waals surface area contributed by atoms with Gasteiger partial charge in [-0.15, -0.1) is 0 Å². The Bertz CT molecular complexity index is 913. The van der Waals surface area contributed by atoms with Gasteiger partial charge in [-0.1, -0.05) is 18.2 Å². The lowest BCUT2D eigenvalue weighted by Gasteiger charge is -2.37. The van der Waals surface area contributed by atoms with Crippen LogP contribution in [-0.2, 0) is 9.84 Å². The molecule has 0 atom stereocenters. The van der Waals surface area contributed by atoms with Gasteiger partial charge in [0.25, 0.3) is 0 Å². The van der Waals surface area contributed by atoms with Crippen LogP contribution in [-0.4, -0.2) is 69.8 Å². The van der Waals surface area contributed by atoms with Crippen molar-refractivity contribution in [3.8, 4) is 0 Å². The van der Waals surface area contributed by atoms with Crippen molar-refractivity contribution in [2.75, 3.05) is 50.4 Å². The number of nitrogens with one attached hydrogen (secondary N) is 1. The minimum Gasteiger partial charge on any atom is -0.355 e. The van der Waals surface area contributed by atoms with Gasteiger partial charge in [-0.05, 0) is 24.3 Å². The summed E-state index contributed by atoms with van der Waals surface area (Å²) in [5.74, 6) is 0.656. The molecule has 1 saturated heterocycles. The third-order valence-electron chi connectivity index (χ3n) is 4.59. The standard InChI is InChI=1S/C19H24FN5O2S/c1-21-19(23-10-15-28(26,27)17-7-3-2-6-16(17)20)25-13-11-24(12-14-25)18-8-4-5-9-22-18/h2-9H,10-15H2,1H3,(H,21,23). The molecule has 28 heavy (non-hydrogen) atoms. The summed E-state index contributed by atoms with van der Waals surface area (Å²) in [6, 6.07) is 11.3. The van der Waals surface area contributed by atoms with Crippen molar-refractivity contribution in [2.24, 2.45) is 4.99 Å². The number of sulfone groups is 1. The zero-order valence-corrected chi connectivity index (χ0v) is 16.6. The van der Waals surface area contributed by atoms with E-state index in [1.54, 1.807) is 13.2 Å². The predicted octanol–water partition coefficient (Wildman–Crippen LogP) is 1.39. The summed E-state index contributed by atoms with van der Waals surface area (Å²) in [5.41, 5.74) is 0. The zero-order valence-electron chi connectivity index (χ0n) is 15.8. The number of nitrogens with zero attached hydrogens (tertiary/aromatic N) is 4. The van der Waals surface area contributed by atoms with Crippen LogP contribution in [0.4, 0.5) is 10.2 Å². The molecule has 0 unspecified atom stereocenters. The minimum absolute atomic E-state index is 0.157. The van der Waals surface area contributed by atoms with E-state index in [2.05, 4.69) is 25.1 Å². The van der Waals surface area contributed by atoms with Gasteiger partial charge < -0.3 is 15.1 Å². The number of hydrogen-bond acceptors (Lipinski definition) is 5. The van der Waals surface area contributed by atoms with Crippen LogP contribution in [0.15, 0.2) is 58.5 Å². The van der Waals surface area contributed by atoms with E-state index < -0.39 is 15.7 Å². The van der Waals surface area contributed by atoms with E-state index in [1.165, 1.54) is 18.2 Å².